The number of epoxide rings is 1. The van der Waals surface area contributed by atoms with Crippen LogP contribution in [0.3, 0.4) is 0 Å². The van der Waals surface area contributed by atoms with Crippen LogP contribution < -0.4 is 14.2 Å². The van der Waals surface area contributed by atoms with Crippen molar-refractivity contribution < 1.29 is 28.8 Å². The molecule has 5 rings (SSSR count). The zero-order valence-corrected chi connectivity index (χ0v) is 22.7. The standard InChI is InChI=1S/C30H40N2O6/c1-4-6-14-31(15-7-5-2)26(33)18-32-17-23(21-10-13-24-25(16-21)37-19-36-24)27(29-30(34)38-29)28(32)20-8-11-22(35-3)12-9-20/h8-13,16,23,27-30,34H,4-7,14-15,17-19H2,1-3H3/t23-,27-,28+,29?,30?/m1/s1. The Morgan fingerprint density at radius 3 is 2.32 bits per heavy atom. The van der Waals surface area contributed by atoms with E-state index in [0.29, 0.717) is 13.1 Å². The van der Waals surface area contributed by atoms with Gasteiger partial charge in [-0.1, -0.05) is 44.9 Å². The van der Waals surface area contributed by atoms with E-state index in [-0.39, 0.29) is 36.7 Å². The highest BCUT2D eigenvalue weighted by molar-refractivity contribution is 5.78. The molecule has 2 saturated heterocycles. The Balaban J connectivity index is 1.47. The highest BCUT2D eigenvalue weighted by Gasteiger charge is 2.56. The summed E-state index contributed by atoms with van der Waals surface area (Å²) in [6.07, 6.45) is 3.02. The van der Waals surface area contributed by atoms with Gasteiger partial charge in [-0.05, 0) is 48.2 Å². The molecule has 0 radical (unpaired) electrons. The van der Waals surface area contributed by atoms with Gasteiger partial charge < -0.3 is 29.0 Å². The molecule has 0 saturated carbocycles. The summed E-state index contributed by atoms with van der Waals surface area (Å²) >= 11 is 0. The summed E-state index contributed by atoms with van der Waals surface area (Å²) < 4.78 is 22.3. The minimum atomic E-state index is -0.793. The van der Waals surface area contributed by atoms with E-state index < -0.39 is 6.29 Å². The number of fused-ring (bicyclic) bond motifs is 1. The number of unbranched alkanes of at least 4 members (excludes halogenated alkanes) is 2. The smallest absolute Gasteiger partial charge is 0.236 e. The number of likely N-dealkylation sites (tertiary alicyclic amines) is 1. The van der Waals surface area contributed by atoms with Crippen LogP contribution in [0.5, 0.6) is 17.2 Å². The number of amides is 1. The van der Waals surface area contributed by atoms with Gasteiger partial charge in [0.2, 0.25) is 12.7 Å². The van der Waals surface area contributed by atoms with Crippen molar-refractivity contribution in [1.29, 1.82) is 0 Å². The van der Waals surface area contributed by atoms with Crippen LogP contribution in [-0.4, -0.2) is 73.3 Å². The number of ether oxygens (including phenoxy) is 4. The number of benzene rings is 2. The molecule has 3 aliphatic heterocycles. The Bertz CT molecular complexity index is 1080. The van der Waals surface area contributed by atoms with Crippen LogP contribution in [-0.2, 0) is 9.53 Å². The molecule has 38 heavy (non-hydrogen) atoms. The zero-order chi connectivity index (χ0) is 26.6. The predicted molar refractivity (Wildman–Crippen MR) is 143 cm³/mol. The Labute approximate surface area is 225 Å². The van der Waals surface area contributed by atoms with Gasteiger partial charge in [0.15, 0.2) is 17.8 Å². The molecule has 2 unspecified atom stereocenters. The van der Waals surface area contributed by atoms with Gasteiger partial charge in [-0.3, -0.25) is 9.69 Å². The SMILES string of the molecule is CCCCN(CCCC)C(=O)CN1C[C@H](c2ccc3c(c2)OCO3)[C@@H](C2OC2O)[C@@H]1c1ccc(OC)cc1. The van der Waals surface area contributed by atoms with Gasteiger partial charge in [0.05, 0.1) is 13.7 Å². The van der Waals surface area contributed by atoms with Crippen molar-refractivity contribution in [3.05, 3.63) is 53.6 Å². The number of aliphatic hydroxyl groups excluding tert-OH is 1. The number of aliphatic hydroxyl groups is 1. The molecular formula is C30H40N2O6. The molecule has 8 heteroatoms. The number of hydrogen-bond donors (Lipinski definition) is 1. The number of nitrogens with zero attached hydrogens (tertiary/aromatic N) is 2. The maximum atomic E-state index is 13.7. The van der Waals surface area contributed by atoms with E-state index in [2.05, 4.69) is 36.9 Å². The normalized spacial score (nSPS) is 25.9. The number of carbonyl (C=O) groups is 1. The summed E-state index contributed by atoms with van der Waals surface area (Å²) in [6, 6.07) is 14.0. The number of rotatable bonds is 12. The highest BCUT2D eigenvalue weighted by atomic mass is 16.7. The maximum Gasteiger partial charge on any atom is 0.236 e. The third kappa shape index (κ3) is 5.63. The topological polar surface area (TPSA) is 84.0 Å². The third-order valence-electron chi connectivity index (χ3n) is 8.07. The van der Waals surface area contributed by atoms with Gasteiger partial charge in [0, 0.05) is 37.5 Å². The number of methoxy groups -OCH3 is 1. The van der Waals surface area contributed by atoms with Crippen molar-refractivity contribution >= 4 is 5.91 Å². The predicted octanol–water partition coefficient (Wildman–Crippen LogP) is 4.33. The van der Waals surface area contributed by atoms with Crippen LogP contribution in [0.4, 0.5) is 0 Å². The van der Waals surface area contributed by atoms with Crippen molar-refractivity contribution in [3.8, 4) is 17.2 Å². The molecular weight excluding hydrogens is 484 g/mol. The maximum absolute atomic E-state index is 13.7. The molecule has 206 valence electrons. The molecule has 1 N–H and O–H groups in total. The molecule has 3 aliphatic rings. The number of hydrogen-bond acceptors (Lipinski definition) is 7. The first-order valence-corrected chi connectivity index (χ1v) is 13.9. The lowest BCUT2D eigenvalue weighted by Gasteiger charge is -2.31. The molecule has 8 nitrogen and oxygen atoms in total. The second-order valence-corrected chi connectivity index (χ2v) is 10.5. The Kier molecular flexibility index (Phi) is 8.41. The molecule has 2 aromatic carbocycles. The van der Waals surface area contributed by atoms with Crippen LogP contribution in [0.25, 0.3) is 0 Å². The fourth-order valence-electron chi connectivity index (χ4n) is 5.96. The first kappa shape index (κ1) is 26.8. The molecule has 0 aliphatic carbocycles. The van der Waals surface area contributed by atoms with E-state index in [1.54, 1.807) is 7.11 Å². The molecule has 0 spiro atoms. The lowest BCUT2D eigenvalue weighted by molar-refractivity contribution is -0.133. The summed E-state index contributed by atoms with van der Waals surface area (Å²) in [6.45, 7) is 7.11. The first-order valence-electron chi connectivity index (χ1n) is 13.9. The van der Waals surface area contributed by atoms with Crippen LogP contribution in [0, 0.1) is 5.92 Å². The van der Waals surface area contributed by atoms with E-state index >= 15 is 0 Å². The first-order chi connectivity index (χ1) is 18.5. The van der Waals surface area contributed by atoms with E-state index in [4.69, 9.17) is 18.9 Å². The summed E-state index contributed by atoms with van der Waals surface area (Å²) in [5.41, 5.74) is 2.19. The molecule has 0 bridgehead atoms. The van der Waals surface area contributed by atoms with Crippen molar-refractivity contribution in [3.63, 3.8) is 0 Å². The minimum Gasteiger partial charge on any atom is -0.497 e. The van der Waals surface area contributed by atoms with Gasteiger partial charge in [0.25, 0.3) is 0 Å². The fraction of sp³-hybridized carbons (Fsp3) is 0.567. The van der Waals surface area contributed by atoms with E-state index in [1.165, 1.54) is 0 Å². The van der Waals surface area contributed by atoms with Gasteiger partial charge in [-0.15, -0.1) is 0 Å². The van der Waals surface area contributed by atoms with Crippen molar-refractivity contribution in [2.45, 2.75) is 63.9 Å². The van der Waals surface area contributed by atoms with Gasteiger partial charge in [-0.2, -0.15) is 0 Å². The second-order valence-electron chi connectivity index (χ2n) is 10.5. The average molecular weight is 525 g/mol. The van der Waals surface area contributed by atoms with Crippen molar-refractivity contribution in [1.82, 2.24) is 9.80 Å². The van der Waals surface area contributed by atoms with Gasteiger partial charge >= 0.3 is 0 Å². The lowest BCUT2D eigenvalue weighted by Crippen LogP contribution is -2.41. The quantitative estimate of drug-likeness (QED) is 0.414. The lowest BCUT2D eigenvalue weighted by atomic mass is 9.80. The van der Waals surface area contributed by atoms with E-state index in [9.17, 15) is 9.90 Å². The molecule has 1 amide bonds. The van der Waals surface area contributed by atoms with Gasteiger partial charge in [0.1, 0.15) is 11.9 Å². The van der Waals surface area contributed by atoms with Crippen molar-refractivity contribution in [2.75, 3.05) is 40.1 Å². The number of carbonyl (C=O) groups excluding carboxylic acids is 1. The van der Waals surface area contributed by atoms with E-state index in [1.807, 2.05) is 29.2 Å². The van der Waals surface area contributed by atoms with Crippen LogP contribution in [0.1, 0.15) is 62.6 Å². The third-order valence-corrected chi connectivity index (χ3v) is 8.07. The Morgan fingerprint density at radius 1 is 1.03 bits per heavy atom. The Hall–Kier alpha value is -2.81. The summed E-state index contributed by atoms with van der Waals surface area (Å²) in [7, 11) is 1.66. The fourth-order valence-corrected chi connectivity index (χ4v) is 5.96. The minimum absolute atomic E-state index is 0.0358. The largest absolute Gasteiger partial charge is 0.497 e. The van der Waals surface area contributed by atoms with Crippen LogP contribution in [0.15, 0.2) is 42.5 Å². The molecule has 0 aromatic heterocycles. The average Bonchev–Trinajstić information content (AvgIpc) is 3.31. The van der Waals surface area contributed by atoms with E-state index in [0.717, 1.165) is 67.1 Å². The van der Waals surface area contributed by atoms with Crippen LogP contribution in [0.2, 0.25) is 0 Å². The highest BCUT2D eigenvalue weighted by Crippen LogP contribution is 2.53. The zero-order valence-electron chi connectivity index (χ0n) is 22.7. The monoisotopic (exact) mass is 524 g/mol. The summed E-state index contributed by atoms with van der Waals surface area (Å²) in [4.78, 5) is 18.0. The van der Waals surface area contributed by atoms with Crippen molar-refractivity contribution in [2.24, 2.45) is 5.92 Å². The summed E-state index contributed by atoms with van der Waals surface area (Å²) in [5, 5.41) is 10.4. The molecule has 2 fully saturated rings. The van der Waals surface area contributed by atoms with Crippen LogP contribution >= 0.6 is 0 Å². The molecule has 5 atom stereocenters. The second kappa shape index (κ2) is 11.9. The molecule has 2 aromatic rings. The van der Waals surface area contributed by atoms with Gasteiger partial charge in [-0.25, -0.2) is 0 Å². The Morgan fingerprint density at radius 2 is 1.68 bits per heavy atom. The summed E-state index contributed by atoms with van der Waals surface area (Å²) in [5.74, 6) is 2.43. The molecule has 3 heterocycles.